The Labute approximate surface area is 202 Å². The number of alkyl halides is 4. The predicted molar refractivity (Wildman–Crippen MR) is 126 cm³/mol. The van der Waals surface area contributed by atoms with E-state index in [0.717, 1.165) is 29.0 Å². The van der Waals surface area contributed by atoms with Gasteiger partial charge in [0.1, 0.15) is 0 Å². The number of rotatable bonds is 4. The van der Waals surface area contributed by atoms with E-state index in [9.17, 15) is 0 Å². The van der Waals surface area contributed by atoms with Crippen molar-refractivity contribution in [2.24, 2.45) is 0 Å². The van der Waals surface area contributed by atoms with Gasteiger partial charge in [0.2, 0.25) is 0 Å². The maximum Gasteiger partial charge on any atom is 0.159 e. The topological polar surface area (TPSA) is 12.0 Å². The zero-order valence-electron chi connectivity index (χ0n) is 11.0. The molecule has 2 aromatic carbocycles. The number of halogens is 8. The van der Waals surface area contributed by atoms with Crippen LogP contribution in [0.15, 0.2) is 54.3 Å². The normalized spacial score (nSPS) is 12.5. The highest BCUT2D eigenvalue weighted by Crippen LogP contribution is 2.49. The van der Waals surface area contributed by atoms with E-state index < -0.39 is 6.71 Å². The van der Waals surface area contributed by atoms with Crippen LogP contribution in [0.1, 0.15) is 11.1 Å². The van der Waals surface area contributed by atoms with E-state index in [4.69, 9.17) is 0 Å². The van der Waals surface area contributed by atoms with Gasteiger partial charge in [-0.3, -0.25) is 5.32 Å². The molecule has 1 nitrogen and oxygen atoms in total. The van der Waals surface area contributed by atoms with Crippen LogP contribution in [0.4, 0.5) is 0 Å². The highest BCUT2D eigenvalue weighted by Gasteiger charge is 2.38. The Bertz CT molecular complexity index is 667. The zero-order chi connectivity index (χ0) is 17.4. The summed E-state index contributed by atoms with van der Waals surface area (Å²) in [5, 5.41) is 3.47. The second-order valence-corrected chi connectivity index (χ2v) is 14.7. The number of hydrogen-bond donors (Lipinski definition) is 1. The molecule has 0 atom stereocenters. The summed E-state index contributed by atoms with van der Waals surface area (Å²) in [6, 6.07) is 11.9. The standard InChI is InChI=1S/C14H7Br8N/c15-9-5-1-3-7(11(9)17)13(19,20)23-14(21,22)8-4-2-6-10(16)12(8)18/h1-6,23H. The SMILES string of the molecule is Brc1cccc(C(Br)(Br)NC(Br)(Br)c2cccc(Br)c2Br)c1Br. The first-order valence-corrected chi connectivity index (χ1v) is 12.3. The van der Waals surface area contributed by atoms with Gasteiger partial charge >= 0.3 is 0 Å². The van der Waals surface area contributed by atoms with Gasteiger partial charge in [0.25, 0.3) is 0 Å². The van der Waals surface area contributed by atoms with E-state index >= 15 is 0 Å². The van der Waals surface area contributed by atoms with Crippen molar-refractivity contribution in [1.82, 2.24) is 5.32 Å². The third-order valence-corrected chi connectivity index (χ3v) is 9.49. The van der Waals surface area contributed by atoms with E-state index in [-0.39, 0.29) is 0 Å². The monoisotopic (exact) mass is 820 g/mol. The Kier molecular flexibility index (Phi) is 7.96. The maximum absolute atomic E-state index is 3.72. The lowest BCUT2D eigenvalue weighted by Gasteiger charge is -2.33. The molecule has 9 heteroatoms. The summed E-state index contributed by atoms with van der Waals surface area (Å²) in [7, 11) is 0. The second-order valence-electron chi connectivity index (χ2n) is 4.48. The summed E-state index contributed by atoms with van der Waals surface area (Å²) in [6.07, 6.45) is 0. The van der Waals surface area contributed by atoms with Gasteiger partial charge in [-0.05, 0) is 140 Å². The van der Waals surface area contributed by atoms with Crippen LogP contribution in [0.5, 0.6) is 0 Å². The number of hydrogen-bond acceptors (Lipinski definition) is 1. The summed E-state index contributed by atoms with van der Waals surface area (Å²) in [6.45, 7) is 0. The lowest BCUT2D eigenvalue weighted by Crippen LogP contribution is -2.41. The summed E-state index contributed by atoms with van der Waals surface area (Å²) < 4.78 is 2.47. The first-order chi connectivity index (χ1) is 10.6. The summed E-state index contributed by atoms with van der Waals surface area (Å²) in [5.74, 6) is 0. The molecule has 2 aromatic rings. The van der Waals surface area contributed by atoms with Crippen molar-refractivity contribution in [3.63, 3.8) is 0 Å². The zero-order valence-corrected chi connectivity index (χ0v) is 23.7. The summed E-state index contributed by atoms with van der Waals surface area (Å²) in [5.41, 5.74) is 1.97. The van der Waals surface area contributed by atoms with Crippen LogP contribution in [-0.2, 0) is 6.71 Å². The molecule has 0 saturated carbocycles. The van der Waals surface area contributed by atoms with Gasteiger partial charge in [0.05, 0.1) is 0 Å². The van der Waals surface area contributed by atoms with Crippen molar-refractivity contribution in [3.05, 3.63) is 65.4 Å². The maximum atomic E-state index is 3.72. The third kappa shape index (κ3) is 5.15. The Balaban J connectivity index is 2.42. The fourth-order valence-corrected chi connectivity index (χ4v) is 8.32. The molecule has 0 unspecified atom stereocenters. The molecule has 0 radical (unpaired) electrons. The van der Waals surface area contributed by atoms with Crippen LogP contribution in [0, 0.1) is 0 Å². The van der Waals surface area contributed by atoms with Crippen LogP contribution >= 0.6 is 127 Å². The van der Waals surface area contributed by atoms with Crippen molar-refractivity contribution >= 4 is 127 Å². The van der Waals surface area contributed by atoms with Crippen LogP contribution in [0.3, 0.4) is 0 Å². The molecule has 0 amide bonds. The van der Waals surface area contributed by atoms with Gasteiger partial charge in [-0.25, -0.2) is 0 Å². The van der Waals surface area contributed by atoms with Crippen molar-refractivity contribution in [3.8, 4) is 0 Å². The molecule has 1 N–H and O–H groups in total. The van der Waals surface area contributed by atoms with E-state index in [0.29, 0.717) is 0 Å². The summed E-state index contributed by atoms with van der Waals surface area (Å²) in [4.78, 5) is 0. The average molecular weight is 828 g/mol. The van der Waals surface area contributed by atoms with Gasteiger partial charge in [0.15, 0.2) is 6.71 Å². The Morgan fingerprint density at radius 3 is 1.30 bits per heavy atom. The highest BCUT2D eigenvalue weighted by molar-refractivity contribution is 9.25. The molecule has 23 heavy (non-hydrogen) atoms. The van der Waals surface area contributed by atoms with Crippen molar-refractivity contribution in [2.45, 2.75) is 6.71 Å². The quantitative estimate of drug-likeness (QED) is 0.240. The van der Waals surface area contributed by atoms with E-state index in [1.807, 2.05) is 36.4 Å². The molecule has 0 fully saturated rings. The number of benzene rings is 2. The Morgan fingerprint density at radius 2 is 0.957 bits per heavy atom. The van der Waals surface area contributed by atoms with Crippen LogP contribution in [-0.4, -0.2) is 0 Å². The predicted octanol–water partition coefficient (Wildman–Crippen LogP) is 8.83. The van der Waals surface area contributed by atoms with Crippen molar-refractivity contribution < 1.29 is 0 Å². The van der Waals surface area contributed by atoms with E-state index in [1.165, 1.54) is 0 Å². The Morgan fingerprint density at radius 1 is 0.609 bits per heavy atom. The lowest BCUT2D eigenvalue weighted by molar-refractivity contribution is 0.617. The van der Waals surface area contributed by atoms with Gasteiger partial charge < -0.3 is 0 Å². The molecular weight excluding hydrogens is 821 g/mol. The molecule has 2 rings (SSSR count). The first-order valence-electron chi connectivity index (χ1n) is 6.00. The first kappa shape index (κ1) is 21.5. The minimum Gasteiger partial charge on any atom is -0.262 e. The molecule has 124 valence electrons. The highest BCUT2D eigenvalue weighted by atomic mass is 79.9. The molecule has 0 saturated heterocycles. The van der Waals surface area contributed by atoms with Crippen LogP contribution in [0.25, 0.3) is 0 Å². The smallest absolute Gasteiger partial charge is 0.159 e. The van der Waals surface area contributed by atoms with Crippen molar-refractivity contribution in [1.29, 1.82) is 0 Å². The molecule has 0 aliphatic carbocycles. The molecular formula is C14H7Br8N. The van der Waals surface area contributed by atoms with Gasteiger partial charge in [0, 0.05) is 29.0 Å². The van der Waals surface area contributed by atoms with E-state index in [1.54, 1.807) is 0 Å². The summed E-state index contributed by atoms with van der Waals surface area (Å²) >= 11 is 29.2. The third-order valence-electron chi connectivity index (χ3n) is 2.89. The fraction of sp³-hybridized carbons (Fsp3) is 0.143. The molecule has 0 aliphatic rings. The van der Waals surface area contributed by atoms with Crippen molar-refractivity contribution in [2.75, 3.05) is 0 Å². The van der Waals surface area contributed by atoms with E-state index in [2.05, 4.69) is 133 Å². The molecule has 0 bridgehead atoms. The van der Waals surface area contributed by atoms with Gasteiger partial charge in [-0.1, -0.05) is 24.3 Å². The minimum absolute atomic E-state index is 0.683. The van der Waals surface area contributed by atoms with Gasteiger partial charge in [-0.2, -0.15) is 0 Å². The Hall–Kier alpha value is 2.24. The van der Waals surface area contributed by atoms with Crippen LogP contribution < -0.4 is 5.32 Å². The molecule has 0 spiro atoms. The largest absolute Gasteiger partial charge is 0.262 e. The molecule has 0 aromatic heterocycles. The lowest BCUT2D eigenvalue weighted by atomic mass is 10.2. The molecule has 0 heterocycles. The average Bonchev–Trinajstić information content (AvgIpc) is 2.43. The number of nitrogens with one attached hydrogen (secondary N) is 1. The fourth-order valence-electron chi connectivity index (χ4n) is 1.82. The minimum atomic E-state index is -0.683. The molecule has 0 aliphatic heterocycles. The van der Waals surface area contributed by atoms with Crippen LogP contribution in [0.2, 0.25) is 0 Å². The van der Waals surface area contributed by atoms with Gasteiger partial charge in [-0.15, -0.1) is 0 Å². The second kappa shape index (κ2) is 8.50.